The fraction of sp³-hybridized carbons (Fsp3) is 0.700. The van der Waals surface area contributed by atoms with E-state index in [4.69, 9.17) is 16.3 Å². The minimum atomic E-state index is 0.221. The van der Waals surface area contributed by atoms with Crippen molar-refractivity contribution in [3.8, 4) is 5.75 Å². The van der Waals surface area contributed by atoms with E-state index < -0.39 is 0 Å². The van der Waals surface area contributed by atoms with Gasteiger partial charge in [0.05, 0.1) is 0 Å². The first kappa shape index (κ1) is 10.8. The third-order valence-corrected chi connectivity index (χ3v) is 3.05. The maximum atomic E-state index is 6.09. The van der Waals surface area contributed by atoms with Gasteiger partial charge in [0.1, 0.15) is 11.8 Å². The molecule has 0 radical (unpaired) electrons. The molecule has 0 aromatic carbocycles. The van der Waals surface area contributed by atoms with E-state index >= 15 is 0 Å². The number of aromatic nitrogens is 2. The Morgan fingerprint density at radius 3 is 2.93 bits per heavy atom. The van der Waals surface area contributed by atoms with E-state index in [1.54, 1.807) is 4.68 Å². The van der Waals surface area contributed by atoms with Gasteiger partial charge in [0.15, 0.2) is 10.9 Å². The summed E-state index contributed by atoms with van der Waals surface area (Å²) in [6.45, 7) is 3.89. The molecule has 0 saturated carbocycles. The van der Waals surface area contributed by atoms with E-state index in [0.29, 0.717) is 5.15 Å². The molecule has 1 aromatic heterocycles. The Morgan fingerprint density at radius 2 is 2.40 bits per heavy atom. The fourth-order valence-electron chi connectivity index (χ4n) is 1.83. The van der Waals surface area contributed by atoms with Gasteiger partial charge >= 0.3 is 0 Å². The second kappa shape index (κ2) is 4.41. The van der Waals surface area contributed by atoms with Gasteiger partial charge in [0.25, 0.3) is 0 Å². The molecule has 84 valence electrons. The summed E-state index contributed by atoms with van der Waals surface area (Å²) in [5.41, 5.74) is 0.855. The second-order valence-corrected chi connectivity index (χ2v) is 4.27. The Bertz CT molecular complexity index is 345. The van der Waals surface area contributed by atoms with Crippen LogP contribution in [0.15, 0.2) is 0 Å². The van der Waals surface area contributed by atoms with Gasteiger partial charge in [-0.1, -0.05) is 11.6 Å². The molecular weight excluding hydrogens is 214 g/mol. The number of piperidine rings is 1. The SMILES string of the molecule is Cc1nn(C)c(Cl)c1OC1CCCNC1. The van der Waals surface area contributed by atoms with Crippen LogP contribution in [0.1, 0.15) is 18.5 Å². The van der Waals surface area contributed by atoms with Crippen LogP contribution in [-0.4, -0.2) is 29.0 Å². The van der Waals surface area contributed by atoms with Crippen LogP contribution in [0.3, 0.4) is 0 Å². The van der Waals surface area contributed by atoms with Crippen molar-refractivity contribution in [3.05, 3.63) is 10.8 Å². The number of aryl methyl sites for hydroxylation is 2. The standard InChI is InChI=1S/C10H16ClN3O/c1-7-9(10(11)14(2)13-7)15-8-4-3-5-12-6-8/h8,12H,3-6H2,1-2H3. The summed E-state index contributed by atoms with van der Waals surface area (Å²) in [4.78, 5) is 0. The number of hydrogen-bond donors (Lipinski definition) is 1. The van der Waals surface area contributed by atoms with Crippen LogP contribution in [0.2, 0.25) is 5.15 Å². The lowest BCUT2D eigenvalue weighted by Gasteiger charge is -2.23. The quantitative estimate of drug-likeness (QED) is 0.836. The lowest BCUT2D eigenvalue weighted by Crippen LogP contribution is -2.37. The smallest absolute Gasteiger partial charge is 0.179 e. The van der Waals surface area contributed by atoms with E-state index in [9.17, 15) is 0 Å². The predicted octanol–water partition coefficient (Wildman–Crippen LogP) is 1.51. The molecule has 4 nitrogen and oxygen atoms in total. The maximum absolute atomic E-state index is 6.09. The largest absolute Gasteiger partial charge is 0.484 e. The summed E-state index contributed by atoms with van der Waals surface area (Å²) in [6.07, 6.45) is 2.46. The van der Waals surface area contributed by atoms with Crippen LogP contribution in [-0.2, 0) is 7.05 Å². The number of nitrogens with zero attached hydrogens (tertiary/aromatic N) is 2. The first-order valence-electron chi connectivity index (χ1n) is 5.25. The lowest BCUT2D eigenvalue weighted by molar-refractivity contribution is 0.166. The van der Waals surface area contributed by atoms with Crippen LogP contribution < -0.4 is 10.1 Å². The maximum Gasteiger partial charge on any atom is 0.179 e. The highest BCUT2D eigenvalue weighted by atomic mass is 35.5. The van der Waals surface area contributed by atoms with E-state index in [1.807, 2.05) is 14.0 Å². The van der Waals surface area contributed by atoms with E-state index in [1.165, 1.54) is 0 Å². The van der Waals surface area contributed by atoms with Gasteiger partial charge in [-0.2, -0.15) is 5.10 Å². The molecule has 15 heavy (non-hydrogen) atoms. The van der Waals surface area contributed by atoms with Crippen molar-refractivity contribution in [3.63, 3.8) is 0 Å². The summed E-state index contributed by atoms with van der Waals surface area (Å²) in [6, 6.07) is 0. The van der Waals surface area contributed by atoms with E-state index in [2.05, 4.69) is 10.4 Å². The Kier molecular flexibility index (Phi) is 3.17. The summed E-state index contributed by atoms with van der Waals surface area (Å²) in [5.74, 6) is 0.730. The monoisotopic (exact) mass is 229 g/mol. The molecule has 1 atom stereocenters. The highest BCUT2D eigenvalue weighted by Gasteiger charge is 2.19. The molecule has 1 aliphatic rings. The predicted molar refractivity (Wildman–Crippen MR) is 59.5 cm³/mol. The van der Waals surface area contributed by atoms with Gasteiger partial charge in [-0.25, -0.2) is 0 Å². The van der Waals surface area contributed by atoms with E-state index in [0.717, 1.165) is 37.4 Å². The van der Waals surface area contributed by atoms with Crippen molar-refractivity contribution in [2.24, 2.45) is 7.05 Å². The van der Waals surface area contributed by atoms with Gasteiger partial charge < -0.3 is 10.1 Å². The average molecular weight is 230 g/mol. The van der Waals surface area contributed by atoms with Crippen molar-refractivity contribution in [1.82, 2.24) is 15.1 Å². The molecule has 1 unspecified atom stereocenters. The molecule has 0 amide bonds. The molecule has 0 spiro atoms. The molecular formula is C10H16ClN3O. The molecule has 5 heteroatoms. The summed E-state index contributed by atoms with van der Waals surface area (Å²) < 4.78 is 7.50. The van der Waals surface area contributed by atoms with Crippen molar-refractivity contribution in [2.75, 3.05) is 13.1 Å². The van der Waals surface area contributed by atoms with Crippen molar-refractivity contribution in [2.45, 2.75) is 25.9 Å². The molecule has 2 rings (SSSR count). The van der Waals surface area contributed by atoms with Gasteiger partial charge in [0, 0.05) is 13.6 Å². The summed E-state index contributed by atoms with van der Waals surface area (Å²) in [7, 11) is 1.82. The average Bonchev–Trinajstić information content (AvgIpc) is 2.47. The Hall–Kier alpha value is -0.740. The molecule has 1 aliphatic heterocycles. The number of ether oxygens (including phenoxy) is 1. The van der Waals surface area contributed by atoms with Crippen LogP contribution >= 0.6 is 11.6 Å². The Labute approximate surface area is 94.6 Å². The molecule has 1 aromatic rings. The lowest BCUT2D eigenvalue weighted by atomic mass is 10.1. The number of rotatable bonds is 2. The van der Waals surface area contributed by atoms with Crippen LogP contribution in [0, 0.1) is 6.92 Å². The first-order chi connectivity index (χ1) is 7.18. The van der Waals surface area contributed by atoms with Gasteiger partial charge in [-0.15, -0.1) is 0 Å². The van der Waals surface area contributed by atoms with Crippen molar-refractivity contribution in [1.29, 1.82) is 0 Å². The third kappa shape index (κ3) is 2.26. The Balaban J connectivity index is 2.09. The van der Waals surface area contributed by atoms with Crippen molar-refractivity contribution >= 4 is 11.6 Å². The van der Waals surface area contributed by atoms with Gasteiger partial charge in [0.2, 0.25) is 0 Å². The Morgan fingerprint density at radius 1 is 1.60 bits per heavy atom. The minimum Gasteiger partial charge on any atom is -0.484 e. The zero-order valence-corrected chi connectivity index (χ0v) is 9.84. The van der Waals surface area contributed by atoms with Gasteiger partial charge in [-0.3, -0.25) is 4.68 Å². The summed E-state index contributed by atoms with van der Waals surface area (Å²) >= 11 is 6.09. The second-order valence-electron chi connectivity index (χ2n) is 3.92. The van der Waals surface area contributed by atoms with Crippen molar-refractivity contribution < 1.29 is 4.74 Å². The molecule has 1 saturated heterocycles. The zero-order chi connectivity index (χ0) is 10.8. The topological polar surface area (TPSA) is 39.1 Å². The van der Waals surface area contributed by atoms with Gasteiger partial charge in [-0.05, 0) is 26.3 Å². The van der Waals surface area contributed by atoms with Crippen LogP contribution in [0.4, 0.5) is 0 Å². The number of nitrogens with one attached hydrogen (secondary N) is 1. The third-order valence-electron chi connectivity index (χ3n) is 2.64. The summed E-state index contributed by atoms with van der Waals surface area (Å²) in [5, 5.41) is 8.10. The zero-order valence-electron chi connectivity index (χ0n) is 9.09. The molecule has 2 heterocycles. The molecule has 1 N–H and O–H groups in total. The highest BCUT2D eigenvalue weighted by Crippen LogP contribution is 2.29. The number of halogens is 1. The molecule has 1 fully saturated rings. The molecule has 0 aliphatic carbocycles. The fourth-order valence-corrected chi connectivity index (χ4v) is 2.05. The van der Waals surface area contributed by atoms with E-state index in [-0.39, 0.29) is 6.10 Å². The minimum absolute atomic E-state index is 0.221. The van der Waals surface area contributed by atoms with Crippen LogP contribution in [0.25, 0.3) is 0 Å². The molecule has 0 bridgehead atoms. The normalized spacial score (nSPS) is 21.7. The first-order valence-corrected chi connectivity index (χ1v) is 5.62. The highest BCUT2D eigenvalue weighted by molar-refractivity contribution is 6.31. The number of hydrogen-bond acceptors (Lipinski definition) is 3. The van der Waals surface area contributed by atoms with Crippen LogP contribution in [0.5, 0.6) is 5.75 Å².